The second-order valence-corrected chi connectivity index (χ2v) is 7.70. The van der Waals surface area contributed by atoms with Gasteiger partial charge in [-0.05, 0) is 42.4 Å². The van der Waals surface area contributed by atoms with Crippen LogP contribution >= 0.6 is 24.8 Å². The van der Waals surface area contributed by atoms with Crippen LogP contribution in [0.25, 0.3) is 12.2 Å². The zero-order chi connectivity index (χ0) is 22.9. The lowest BCUT2D eigenvalue weighted by molar-refractivity contribution is 0.133. The van der Waals surface area contributed by atoms with Crippen molar-refractivity contribution in [2.24, 2.45) is 0 Å². The van der Waals surface area contributed by atoms with Crippen molar-refractivity contribution in [2.45, 2.75) is 0 Å². The second kappa shape index (κ2) is 14.8. The summed E-state index contributed by atoms with van der Waals surface area (Å²) in [5.41, 5.74) is 1.95. The average Bonchev–Trinajstić information content (AvgIpc) is 2.83. The van der Waals surface area contributed by atoms with Gasteiger partial charge in [-0.2, -0.15) is 0 Å². The molecule has 1 aliphatic rings. The van der Waals surface area contributed by atoms with Crippen LogP contribution in [-0.4, -0.2) is 84.6 Å². The van der Waals surface area contributed by atoms with Crippen LogP contribution < -0.4 is 23.7 Å². The van der Waals surface area contributed by atoms with E-state index in [-0.39, 0.29) is 24.8 Å². The topological polar surface area (TPSA) is 52.6 Å². The Morgan fingerprint density at radius 1 is 0.706 bits per heavy atom. The van der Waals surface area contributed by atoms with Crippen LogP contribution in [-0.2, 0) is 0 Å². The van der Waals surface area contributed by atoms with Gasteiger partial charge in [-0.1, -0.05) is 18.2 Å². The third-order valence-corrected chi connectivity index (χ3v) is 5.60. The molecule has 9 heteroatoms. The Bertz CT molecular complexity index is 893. The highest BCUT2D eigenvalue weighted by Gasteiger charge is 2.14. The maximum atomic E-state index is 6.08. The Hall–Kier alpha value is -2.32. The Morgan fingerprint density at radius 3 is 1.82 bits per heavy atom. The highest BCUT2D eigenvalue weighted by Crippen LogP contribution is 2.38. The minimum atomic E-state index is 0. The number of nitrogens with zero attached hydrogens (tertiary/aromatic N) is 2. The summed E-state index contributed by atoms with van der Waals surface area (Å²) in [6.45, 7) is 5.89. The van der Waals surface area contributed by atoms with Crippen molar-refractivity contribution in [1.82, 2.24) is 9.80 Å². The van der Waals surface area contributed by atoms with E-state index in [1.165, 1.54) is 0 Å². The van der Waals surface area contributed by atoms with Gasteiger partial charge in [0.2, 0.25) is 5.75 Å². The standard InChI is InChI=1S/C25H34N2O5.2ClH/c1-26-10-12-27(13-11-26)14-15-32-22-16-19(8-9-21(22)28-2)6-7-20-17-23(29-3)25(31-5)24(18-20)30-4;;/h6-9,16-18H,10-15H2,1-5H3;2*1H/b7-6-;;. The number of piperazine rings is 1. The van der Waals surface area contributed by atoms with E-state index in [0.29, 0.717) is 23.9 Å². The molecule has 0 atom stereocenters. The Kier molecular flexibility index (Phi) is 13.0. The predicted octanol–water partition coefficient (Wildman–Crippen LogP) is 4.36. The van der Waals surface area contributed by atoms with Crippen LogP contribution in [0.2, 0.25) is 0 Å². The van der Waals surface area contributed by atoms with Crippen LogP contribution in [0.3, 0.4) is 0 Å². The van der Waals surface area contributed by atoms with Gasteiger partial charge in [0.1, 0.15) is 6.61 Å². The van der Waals surface area contributed by atoms with Crippen molar-refractivity contribution in [3.63, 3.8) is 0 Å². The van der Waals surface area contributed by atoms with E-state index in [4.69, 9.17) is 23.7 Å². The molecular formula is C25H36Cl2N2O5. The number of benzene rings is 2. The van der Waals surface area contributed by atoms with Crippen LogP contribution in [0.1, 0.15) is 11.1 Å². The third-order valence-electron chi connectivity index (χ3n) is 5.60. The van der Waals surface area contributed by atoms with E-state index in [1.54, 1.807) is 28.4 Å². The number of hydrogen-bond acceptors (Lipinski definition) is 7. The molecule has 1 aliphatic heterocycles. The van der Waals surface area contributed by atoms with Crippen molar-refractivity contribution in [2.75, 3.05) is 74.8 Å². The Morgan fingerprint density at radius 2 is 1.26 bits per heavy atom. The number of ether oxygens (including phenoxy) is 5. The first-order chi connectivity index (χ1) is 15.6. The largest absolute Gasteiger partial charge is 0.493 e. The van der Waals surface area contributed by atoms with Gasteiger partial charge in [0.05, 0.1) is 28.4 Å². The first-order valence-corrected chi connectivity index (χ1v) is 10.8. The molecule has 0 unspecified atom stereocenters. The van der Waals surface area contributed by atoms with Gasteiger partial charge in [-0.15, -0.1) is 24.8 Å². The smallest absolute Gasteiger partial charge is 0.203 e. The van der Waals surface area contributed by atoms with Crippen LogP contribution in [0.5, 0.6) is 28.7 Å². The quantitative estimate of drug-likeness (QED) is 0.436. The molecule has 0 N–H and O–H groups in total. The molecule has 0 aliphatic carbocycles. The van der Waals surface area contributed by atoms with Crippen molar-refractivity contribution in [3.05, 3.63) is 41.5 Å². The van der Waals surface area contributed by atoms with Gasteiger partial charge in [-0.3, -0.25) is 4.90 Å². The fourth-order valence-electron chi connectivity index (χ4n) is 3.66. The van der Waals surface area contributed by atoms with Crippen LogP contribution in [0, 0.1) is 0 Å². The number of methoxy groups -OCH3 is 4. The van der Waals surface area contributed by atoms with Gasteiger partial charge < -0.3 is 28.6 Å². The molecule has 1 heterocycles. The minimum absolute atomic E-state index is 0. The van der Waals surface area contributed by atoms with Crippen LogP contribution in [0.15, 0.2) is 30.3 Å². The number of rotatable bonds is 10. The summed E-state index contributed by atoms with van der Waals surface area (Å²) in [5.74, 6) is 3.29. The zero-order valence-corrected chi connectivity index (χ0v) is 22.2. The number of likely N-dealkylation sites (N-methyl/N-ethyl adjacent to an activating group) is 1. The molecule has 34 heavy (non-hydrogen) atoms. The van der Waals surface area contributed by atoms with E-state index in [9.17, 15) is 0 Å². The molecule has 190 valence electrons. The fourth-order valence-corrected chi connectivity index (χ4v) is 3.66. The van der Waals surface area contributed by atoms with E-state index in [0.717, 1.165) is 55.3 Å². The molecule has 2 aromatic carbocycles. The SMILES string of the molecule is COc1ccc(/C=C\c2cc(OC)c(OC)c(OC)c2)cc1OCCN1CCN(C)CC1.Cl.Cl. The molecule has 1 fully saturated rings. The summed E-state index contributed by atoms with van der Waals surface area (Å²) in [4.78, 5) is 4.78. The average molecular weight is 515 g/mol. The Balaban J connectivity index is 0.00000289. The van der Waals surface area contributed by atoms with Crippen molar-refractivity contribution < 1.29 is 23.7 Å². The summed E-state index contributed by atoms with van der Waals surface area (Å²) >= 11 is 0. The number of hydrogen-bond donors (Lipinski definition) is 0. The van der Waals surface area contributed by atoms with E-state index < -0.39 is 0 Å². The lowest BCUT2D eigenvalue weighted by Gasteiger charge is -2.32. The van der Waals surface area contributed by atoms with E-state index >= 15 is 0 Å². The third kappa shape index (κ3) is 7.87. The highest BCUT2D eigenvalue weighted by atomic mass is 35.5. The summed E-state index contributed by atoms with van der Waals surface area (Å²) < 4.78 is 27.8. The lowest BCUT2D eigenvalue weighted by atomic mass is 10.1. The first-order valence-electron chi connectivity index (χ1n) is 10.8. The van der Waals surface area contributed by atoms with Crippen molar-refractivity contribution >= 4 is 37.0 Å². The van der Waals surface area contributed by atoms with Crippen molar-refractivity contribution in [1.29, 1.82) is 0 Å². The van der Waals surface area contributed by atoms with E-state index in [1.807, 2.05) is 42.5 Å². The molecule has 0 bridgehead atoms. The molecule has 0 amide bonds. The van der Waals surface area contributed by atoms with Gasteiger partial charge in [0.15, 0.2) is 23.0 Å². The molecule has 0 saturated carbocycles. The van der Waals surface area contributed by atoms with Crippen LogP contribution in [0.4, 0.5) is 0 Å². The molecule has 3 rings (SSSR count). The maximum Gasteiger partial charge on any atom is 0.203 e. The summed E-state index contributed by atoms with van der Waals surface area (Å²) in [7, 11) is 8.64. The molecule has 0 radical (unpaired) electrons. The maximum absolute atomic E-state index is 6.08. The fraction of sp³-hybridized carbons (Fsp3) is 0.440. The molecule has 0 aromatic heterocycles. The molecule has 7 nitrogen and oxygen atoms in total. The normalized spacial score (nSPS) is 14.1. The zero-order valence-electron chi connectivity index (χ0n) is 20.5. The minimum Gasteiger partial charge on any atom is -0.493 e. The lowest BCUT2D eigenvalue weighted by Crippen LogP contribution is -2.45. The van der Waals surface area contributed by atoms with E-state index in [2.05, 4.69) is 16.8 Å². The molecular weight excluding hydrogens is 479 g/mol. The predicted molar refractivity (Wildman–Crippen MR) is 142 cm³/mol. The Labute approximate surface area is 215 Å². The van der Waals surface area contributed by atoms with Crippen molar-refractivity contribution in [3.8, 4) is 28.7 Å². The second-order valence-electron chi connectivity index (χ2n) is 7.70. The highest BCUT2D eigenvalue weighted by molar-refractivity contribution is 5.85. The summed E-state index contributed by atoms with van der Waals surface area (Å²) in [6.07, 6.45) is 4.02. The molecule has 2 aromatic rings. The monoisotopic (exact) mass is 514 g/mol. The summed E-state index contributed by atoms with van der Waals surface area (Å²) in [6, 6.07) is 9.75. The van der Waals surface area contributed by atoms with Gasteiger partial charge in [0, 0.05) is 32.7 Å². The molecule has 0 spiro atoms. The van der Waals surface area contributed by atoms with Gasteiger partial charge in [-0.25, -0.2) is 0 Å². The first kappa shape index (κ1) is 29.7. The van der Waals surface area contributed by atoms with Gasteiger partial charge >= 0.3 is 0 Å². The molecule has 1 saturated heterocycles. The van der Waals surface area contributed by atoms with Gasteiger partial charge in [0.25, 0.3) is 0 Å². The number of halogens is 2. The summed E-state index contributed by atoms with van der Waals surface area (Å²) in [5, 5.41) is 0.